The van der Waals surface area contributed by atoms with Crippen molar-refractivity contribution in [3.63, 3.8) is 0 Å². The van der Waals surface area contributed by atoms with E-state index in [-0.39, 0.29) is 5.75 Å². The first-order chi connectivity index (χ1) is 8.74. The number of aryl methyl sites for hydroxylation is 2. The number of hydrogen-bond acceptors (Lipinski definition) is 2. The van der Waals surface area contributed by atoms with Gasteiger partial charge in [-0.25, -0.2) is 0 Å². The minimum Gasteiger partial charge on any atom is -0.508 e. The minimum atomic E-state index is 0.257. The lowest BCUT2D eigenvalue weighted by atomic mass is 10.1. The largest absolute Gasteiger partial charge is 0.508 e. The summed E-state index contributed by atoms with van der Waals surface area (Å²) >= 11 is 0. The standard InChI is InChI=1S/C16H18O2/c1-13-10-15(17)12-16(11-13)18-9-5-8-14-6-3-2-4-7-14/h2-4,6-7,10-12,17H,5,8-9H2,1H3. The van der Waals surface area contributed by atoms with Gasteiger partial charge in [0.15, 0.2) is 0 Å². The highest BCUT2D eigenvalue weighted by atomic mass is 16.5. The maximum atomic E-state index is 9.45. The average molecular weight is 242 g/mol. The molecule has 2 aromatic rings. The highest BCUT2D eigenvalue weighted by Gasteiger charge is 1.98. The predicted molar refractivity (Wildman–Crippen MR) is 73.1 cm³/mol. The predicted octanol–water partition coefficient (Wildman–Crippen LogP) is 3.71. The summed E-state index contributed by atoms with van der Waals surface area (Å²) in [4.78, 5) is 0. The summed E-state index contributed by atoms with van der Waals surface area (Å²) in [6.07, 6.45) is 1.98. The zero-order valence-electron chi connectivity index (χ0n) is 10.6. The number of rotatable bonds is 5. The first kappa shape index (κ1) is 12.5. The Labute approximate surface area is 108 Å². The van der Waals surface area contributed by atoms with Crippen LogP contribution in [0.3, 0.4) is 0 Å². The van der Waals surface area contributed by atoms with Crippen molar-refractivity contribution in [1.29, 1.82) is 0 Å². The van der Waals surface area contributed by atoms with Crippen LogP contribution in [0.1, 0.15) is 17.5 Å². The van der Waals surface area contributed by atoms with Gasteiger partial charge in [-0.3, -0.25) is 0 Å². The van der Waals surface area contributed by atoms with Crippen molar-refractivity contribution >= 4 is 0 Å². The van der Waals surface area contributed by atoms with Crippen LogP contribution in [0.15, 0.2) is 48.5 Å². The van der Waals surface area contributed by atoms with E-state index in [0.717, 1.165) is 24.2 Å². The third-order valence-electron chi connectivity index (χ3n) is 2.76. The molecule has 0 bridgehead atoms. The van der Waals surface area contributed by atoms with Gasteiger partial charge in [-0.05, 0) is 43.0 Å². The van der Waals surface area contributed by atoms with Crippen LogP contribution in [0, 0.1) is 6.92 Å². The van der Waals surface area contributed by atoms with Crippen molar-refractivity contribution in [2.75, 3.05) is 6.61 Å². The average Bonchev–Trinajstić information content (AvgIpc) is 2.35. The smallest absolute Gasteiger partial charge is 0.123 e. The van der Waals surface area contributed by atoms with E-state index in [1.165, 1.54) is 5.56 Å². The summed E-state index contributed by atoms with van der Waals surface area (Å²) in [5.41, 5.74) is 2.33. The van der Waals surface area contributed by atoms with Crippen LogP contribution in [0.2, 0.25) is 0 Å². The third kappa shape index (κ3) is 3.81. The molecule has 2 nitrogen and oxygen atoms in total. The van der Waals surface area contributed by atoms with E-state index in [9.17, 15) is 5.11 Å². The second kappa shape index (κ2) is 6.10. The molecule has 1 N–H and O–H groups in total. The molecular formula is C16H18O2. The van der Waals surface area contributed by atoms with Crippen LogP contribution < -0.4 is 4.74 Å². The van der Waals surface area contributed by atoms with Crippen LogP contribution in [0.5, 0.6) is 11.5 Å². The molecule has 0 atom stereocenters. The lowest BCUT2D eigenvalue weighted by Crippen LogP contribution is -1.99. The summed E-state index contributed by atoms with van der Waals surface area (Å²) in [5, 5.41) is 9.45. The molecule has 0 saturated heterocycles. The molecule has 0 heterocycles. The van der Waals surface area contributed by atoms with Gasteiger partial charge in [-0.1, -0.05) is 30.3 Å². The minimum absolute atomic E-state index is 0.257. The topological polar surface area (TPSA) is 29.5 Å². The Morgan fingerprint density at radius 2 is 1.83 bits per heavy atom. The lowest BCUT2D eigenvalue weighted by molar-refractivity contribution is 0.309. The van der Waals surface area contributed by atoms with E-state index in [1.54, 1.807) is 12.1 Å². The molecule has 0 radical (unpaired) electrons. The molecule has 2 rings (SSSR count). The molecule has 0 aliphatic carbocycles. The normalized spacial score (nSPS) is 10.3. The molecular weight excluding hydrogens is 224 g/mol. The second-order valence-corrected chi connectivity index (χ2v) is 4.44. The quantitative estimate of drug-likeness (QED) is 0.810. The molecule has 2 heteroatoms. The van der Waals surface area contributed by atoms with Crippen molar-refractivity contribution in [1.82, 2.24) is 0 Å². The van der Waals surface area contributed by atoms with Crippen LogP contribution >= 0.6 is 0 Å². The van der Waals surface area contributed by atoms with Crippen LogP contribution in [0.4, 0.5) is 0 Å². The van der Waals surface area contributed by atoms with E-state index < -0.39 is 0 Å². The Morgan fingerprint density at radius 1 is 1.06 bits per heavy atom. The first-order valence-electron chi connectivity index (χ1n) is 6.21. The van der Waals surface area contributed by atoms with Crippen molar-refractivity contribution in [2.45, 2.75) is 19.8 Å². The number of phenols is 1. The van der Waals surface area contributed by atoms with Gasteiger partial charge in [0.1, 0.15) is 11.5 Å². The van der Waals surface area contributed by atoms with Gasteiger partial charge in [0.2, 0.25) is 0 Å². The Balaban J connectivity index is 1.78. The van der Waals surface area contributed by atoms with E-state index in [2.05, 4.69) is 24.3 Å². The van der Waals surface area contributed by atoms with Gasteiger partial charge in [-0.2, -0.15) is 0 Å². The van der Waals surface area contributed by atoms with Crippen LogP contribution in [-0.4, -0.2) is 11.7 Å². The number of hydrogen-bond donors (Lipinski definition) is 1. The van der Waals surface area contributed by atoms with E-state index >= 15 is 0 Å². The molecule has 0 fully saturated rings. The van der Waals surface area contributed by atoms with Gasteiger partial charge in [0, 0.05) is 6.07 Å². The first-order valence-corrected chi connectivity index (χ1v) is 6.21. The van der Waals surface area contributed by atoms with Crippen LogP contribution in [-0.2, 0) is 6.42 Å². The number of ether oxygens (including phenoxy) is 1. The third-order valence-corrected chi connectivity index (χ3v) is 2.76. The zero-order valence-corrected chi connectivity index (χ0v) is 10.6. The maximum Gasteiger partial charge on any atom is 0.123 e. The highest BCUT2D eigenvalue weighted by Crippen LogP contribution is 2.21. The van der Waals surface area contributed by atoms with Gasteiger partial charge < -0.3 is 9.84 Å². The molecule has 0 amide bonds. The Morgan fingerprint density at radius 3 is 2.56 bits per heavy atom. The van der Waals surface area contributed by atoms with Gasteiger partial charge in [-0.15, -0.1) is 0 Å². The van der Waals surface area contributed by atoms with Gasteiger partial charge >= 0.3 is 0 Å². The molecule has 0 aliphatic rings. The van der Waals surface area contributed by atoms with Crippen LogP contribution in [0.25, 0.3) is 0 Å². The van der Waals surface area contributed by atoms with Crippen molar-refractivity contribution in [2.24, 2.45) is 0 Å². The number of aromatic hydroxyl groups is 1. The number of phenolic OH excluding ortho intramolecular Hbond substituents is 1. The second-order valence-electron chi connectivity index (χ2n) is 4.44. The highest BCUT2D eigenvalue weighted by molar-refractivity contribution is 5.36. The van der Waals surface area contributed by atoms with E-state index in [0.29, 0.717) is 6.61 Å². The monoisotopic (exact) mass is 242 g/mol. The molecule has 2 aromatic carbocycles. The molecule has 94 valence electrons. The SMILES string of the molecule is Cc1cc(O)cc(OCCCc2ccccc2)c1. The molecule has 0 spiro atoms. The van der Waals surface area contributed by atoms with E-state index in [1.807, 2.05) is 19.1 Å². The Hall–Kier alpha value is -1.96. The maximum absolute atomic E-state index is 9.45. The fraction of sp³-hybridized carbons (Fsp3) is 0.250. The van der Waals surface area contributed by atoms with Crippen molar-refractivity contribution in [3.8, 4) is 11.5 Å². The van der Waals surface area contributed by atoms with Crippen molar-refractivity contribution < 1.29 is 9.84 Å². The summed E-state index contributed by atoms with van der Waals surface area (Å²) in [7, 11) is 0. The summed E-state index contributed by atoms with van der Waals surface area (Å²) in [6.45, 7) is 2.61. The van der Waals surface area contributed by atoms with Gasteiger partial charge in [0.05, 0.1) is 6.61 Å². The summed E-state index contributed by atoms with van der Waals surface area (Å²) in [5.74, 6) is 0.994. The molecule has 18 heavy (non-hydrogen) atoms. The summed E-state index contributed by atoms with van der Waals surface area (Å²) < 4.78 is 5.63. The Bertz CT molecular complexity index is 471. The Kier molecular flexibility index (Phi) is 4.24. The fourth-order valence-corrected chi connectivity index (χ4v) is 1.92. The number of benzene rings is 2. The molecule has 0 aromatic heterocycles. The zero-order chi connectivity index (χ0) is 12.8. The fourth-order valence-electron chi connectivity index (χ4n) is 1.92. The van der Waals surface area contributed by atoms with E-state index in [4.69, 9.17) is 4.74 Å². The molecule has 0 unspecified atom stereocenters. The summed E-state index contributed by atoms with van der Waals surface area (Å²) in [6, 6.07) is 15.7. The van der Waals surface area contributed by atoms with Crippen molar-refractivity contribution in [3.05, 3.63) is 59.7 Å². The lowest BCUT2D eigenvalue weighted by Gasteiger charge is -2.07. The van der Waals surface area contributed by atoms with Gasteiger partial charge in [0.25, 0.3) is 0 Å². The molecule has 0 aliphatic heterocycles. The molecule has 0 saturated carbocycles.